The fourth-order valence-electron chi connectivity index (χ4n) is 8.10. The number of benzene rings is 1. The molecule has 0 saturated heterocycles. The summed E-state index contributed by atoms with van der Waals surface area (Å²) >= 11 is 0. The highest BCUT2D eigenvalue weighted by atomic mass is 16.6. The van der Waals surface area contributed by atoms with Crippen LogP contribution in [0.4, 0.5) is 0 Å². The molecule has 1 atom stereocenters. The molecule has 3 N–H and O–H groups in total. The number of nitrogens with one attached hydrogen (secondary N) is 3. The third-order valence-corrected chi connectivity index (χ3v) is 11.3. The third-order valence-electron chi connectivity index (χ3n) is 11.3. The predicted molar refractivity (Wildman–Crippen MR) is 222 cm³/mol. The molecule has 348 valence electrons. The molecule has 2 aliphatic heterocycles. The summed E-state index contributed by atoms with van der Waals surface area (Å²) in [7, 11) is 7.03. The molecule has 2 aliphatic rings. The summed E-state index contributed by atoms with van der Waals surface area (Å²) in [4.78, 5) is 126. The molecule has 1 amide bonds. The molecule has 4 heterocycles. The summed E-state index contributed by atoms with van der Waals surface area (Å²) in [5, 5.41) is 3.01. The normalized spacial score (nSPS) is 16.1. The molecule has 1 unspecified atom stereocenters. The minimum atomic E-state index is -1.75. The summed E-state index contributed by atoms with van der Waals surface area (Å²) < 4.78 is 41.4. The molecule has 0 saturated carbocycles. The molecule has 20 heteroatoms. The van der Waals surface area contributed by atoms with Crippen molar-refractivity contribution in [2.75, 3.05) is 42.7 Å². The lowest BCUT2D eigenvalue weighted by atomic mass is 9.77. The molecule has 0 aliphatic carbocycles. The maximum Gasteiger partial charge on any atom is 0.355 e. The maximum absolute atomic E-state index is 14.4. The Balaban J connectivity index is 1.89. The van der Waals surface area contributed by atoms with Gasteiger partial charge in [0, 0.05) is 49.1 Å². The van der Waals surface area contributed by atoms with Gasteiger partial charge in [-0.2, -0.15) is 0 Å². The summed E-state index contributed by atoms with van der Waals surface area (Å²) in [5.41, 5.74) is 0.311. The fraction of sp³-hybridized carbons (Fsp3) is 0.444. The first-order chi connectivity index (χ1) is 31.1. The van der Waals surface area contributed by atoms with Crippen LogP contribution in [-0.4, -0.2) is 112 Å². The highest BCUT2D eigenvalue weighted by Gasteiger charge is 2.48. The number of amides is 1. The van der Waals surface area contributed by atoms with Gasteiger partial charge in [0.25, 0.3) is 0 Å². The van der Waals surface area contributed by atoms with Gasteiger partial charge in [0.15, 0.2) is 0 Å². The van der Waals surface area contributed by atoms with Gasteiger partial charge in [-0.3, -0.25) is 33.6 Å². The van der Waals surface area contributed by atoms with E-state index in [1.807, 2.05) is 0 Å². The number of carbonyl (C=O) groups is 9. The predicted octanol–water partition coefficient (Wildman–Crippen LogP) is 2.48. The first-order valence-electron chi connectivity index (χ1n) is 20.4. The SMILES string of the molecule is COC(=O)CCC1=C(CC(=O)OC)C2(Cc3[nH]c(c(CCC(=O)OC)c3CC(=O)OC)C(=O)OCc3cccc(c3)COC(=O)c3[nH]c(c(CCC(=O)OC)c3CC(=O)OC)C2)NC1=O. The van der Waals surface area contributed by atoms with E-state index in [4.69, 9.17) is 37.9 Å². The topological polar surface area (TPSA) is 271 Å². The van der Waals surface area contributed by atoms with Crippen LogP contribution in [0.2, 0.25) is 0 Å². The summed E-state index contributed by atoms with van der Waals surface area (Å²) in [6.45, 7) is -0.533. The zero-order chi connectivity index (χ0) is 47.4. The first kappa shape index (κ1) is 48.8. The van der Waals surface area contributed by atoms with E-state index in [1.54, 1.807) is 24.3 Å². The number of aromatic amines is 2. The van der Waals surface area contributed by atoms with Crippen LogP contribution in [0, 0.1) is 0 Å². The van der Waals surface area contributed by atoms with Crippen LogP contribution in [0.15, 0.2) is 35.4 Å². The van der Waals surface area contributed by atoms with Crippen LogP contribution in [-0.2, 0) is 123 Å². The van der Waals surface area contributed by atoms with E-state index in [0.29, 0.717) is 11.1 Å². The number of hydrogen-bond donors (Lipinski definition) is 3. The lowest BCUT2D eigenvalue weighted by Gasteiger charge is -2.33. The Morgan fingerprint density at radius 3 is 1.49 bits per heavy atom. The molecule has 6 bridgehead atoms. The third kappa shape index (κ3) is 11.7. The van der Waals surface area contributed by atoms with Gasteiger partial charge in [-0.1, -0.05) is 18.2 Å². The summed E-state index contributed by atoms with van der Waals surface area (Å²) in [5.74, 6) is -6.65. The Morgan fingerprint density at radius 2 is 0.985 bits per heavy atom. The Kier molecular flexibility index (Phi) is 16.4. The minimum absolute atomic E-state index is 0.0211. The first-order valence-corrected chi connectivity index (χ1v) is 20.4. The van der Waals surface area contributed by atoms with Gasteiger partial charge in [0.2, 0.25) is 5.91 Å². The molecule has 0 fully saturated rings. The van der Waals surface area contributed by atoms with E-state index in [2.05, 4.69) is 15.3 Å². The molecule has 3 aromatic rings. The van der Waals surface area contributed by atoms with E-state index < -0.39 is 78.5 Å². The van der Waals surface area contributed by atoms with E-state index in [-0.39, 0.29) is 121 Å². The van der Waals surface area contributed by atoms with Crippen LogP contribution in [0.1, 0.15) is 97.8 Å². The number of H-pyrrole nitrogens is 2. The van der Waals surface area contributed by atoms with Crippen LogP contribution < -0.4 is 5.32 Å². The standard InChI is InChI=1S/C45H51N3O17/c1-58-34(49)13-10-26-30(18-38(53)62-5)41-44(57)65-23-25-9-7-8-24(16-25)22-64-43(56)40-27(11-14-35(50)59-2)29(17-37(52)61-4)33(47-40)21-45(20-32(26)46-41)31(19-39(54)63-6)28(42(55)48-45)12-15-36(51)60-3/h7-9,16,46-47H,10-15,17-23H2,1-6H3,(H,48,55). The van der Waals surface area contributed by atoms with Gasteiger partial charge in [-0.15, -0.1) is 0 Å². The Labute approximate surface area is 372 Å². The van der Waals surface area contributed by atoms with Crippen molar-refractivity contribution in [2.24, 2.45) is 0 Å². The van der Waals surface area contributed by atoms with Crippen molar-refractivity contribution in [1.29, 1.82) is 0 Å². The van der Waals surface area contributed by atoms with Crippen molar-refractivity contribution in [3.8, 4) is 0 Å². The number of cyclic esters (lactones) is 2. The molecule has 65 heavy (non-hydrogen) atoms. The van der Waals surface area contributed by atoms with Gasteiger partial charge in [0.1, 0.15) is 24.6 Å². The average molecular weight is 906 g/mol. The zero-order valence-electron chi connectivity index (χ0n) is 36.9. The fourth-order valence-corrected chi connectivity index (χ4v) is 8.10. The van der Waals surface area contributed by atoms with Gasteiger partial charge in [-0.25, -0.2) is 9.59 Å². The molecule has 2 aromatic heterocycles. The highest BCUT2D eigenvalue weighted by Crippen LogP contribution is 2.41. The number of ether oxygens (including phenoxy) is 8. The van der Waals surface area contributed by atoms with Crippen molar-refractivity contribution in [3.05, 3.63) is 91.6 Å². The summed E-state index contributed by atoms with van der Waals surface area (Å²) in [6.07, 6.45) is -3.29. The van der Waals surface area contributed by atoms with E-state index >= 15 is 0 Å². The number of rotatable bonds is 15. The number of carbonyl (C=O) groups excluding carboxylic acids is 9. The smallest absolute Gasteiger partial charge is 0.355 e. The van der Waals surface area contributed by atoms with Crippen molar-refractivity contribution >= 4 is 53.7 Å². The number of esters is 8. The minimum Gasteiger partial charge on any atom is -0.469 e. The second-order valence-electron chi connectivity index (χ2n) is 15.2. The number of methoxy groups -OCH3 is 6. The molecular formula is C45H51N3O17. The van der Waals surface area contributed by atoms with Crippen molar-refractivity contribution < 1.29 is 81.0 Å². The van der Waals surface area contributed by atoms with Gasteiger partial charge in [0.05, 0.1) is 67.5 Å². The second kappa shape index (κ2) is 21.9. The maximum atomic E-state index is 14.4. The van der Waals surface area contributed by atoms with Crippen LogP contribution >= 0.6 is 0 Å². The lowest BCUT2D eigenvalue weighted by molar-refractivity contribution is -0.141. The number of fused-ring (bicyclic) bond motifs is 6. The number of hydrogen-bond acceptors (Lipinski definition) is 17. The van der Waals surface area contributed by atoms with Crippen LogP contribution in [0.3, 0.4) is 0 Å². The van der Waals surface area contributed by atoms with Gasteiger partial charge >= 0.3 is 47.8 Å². The Bertz CT molecular complexity index is 2410. The Morgan fingerprint density at radius 1 is 0.554 bits per heavy atom. The van der Waals surface area contributed by atoms with Crippen molar-refractivity contribution in [1.82, 2.24) is 15.3 Å². The molecule has 20 nitrogen and oxygen atoms in total. The van der Waals surface area contributed by atoms with Gasteiger partial charge < -0.3 is 53.2 Å². The highest BCUT2D eigenvalue weighted by molar-refractivity contribution is 6.00. The van der Waals surface area contributed by atoms with E-state index in [9.17, 15) is 43.2 Å². The van der Waals surface area contributed by atoms with Crippen molar-refractivity contribution in [2.45, 2.75) is 89.4 Å². The van der Waals surface area contributed by atoms with Gasteiger partial charge in [-0.05, 0) is 64.3 Å². The molecule has 1 spiro atoms. The molecular weight excluding hydrogens is 854 g/mol. The van der Waals surface area contributed by atoms with Crippen LogP contribution in [0.25, 0.3) is 0 Å². The Hall–Kier alpha value is -7.25. The largest absolute Gasteiger partial charge is 0.469 e. The van der Waals surface area contributed by atoms with E-state index in [0.717, 1.165) is 21.3 Å². The quantitative estimate of drug-likeness (QED) is 0.146. The second-order valence-corrected chi connectivity index (χ2v) is 15.2. The molecule has 1 aromatic carbocycles. The lowest BCUT2D eigenvalue weighted by Crippen LogP contribution is -2.49. The van der Waals surface area contributed by atoms with E-state index in [1.165, 1.54) is 21.3 Å². The molecule has 5 rings (SSSR count). The summed E-state index contributed by atoms with van der Waals surface area (Å²) in [6, 6.07) is 6.68. The van der Waals surface area contributed by atoms with Crippen molar-refractivity contribution in [3.63, 3.8) is 0 Å². The molecule has 0 radical (unpaired) electrons. The zero-order valence-corrected chi connectivity index (χ0v) is 36.9. The van der Waals surface area contributed by atoms with Crippen LogP contribution in [0.5, 0.6) is 0 Å². The number of aromatic nitrogens is 2. The monoisotopic (exact) mass is 905 g/mol. The average Bonchev–Trinajstić information content (AvgIpc) is 3.90.